The highest BCUT2D eigenvalue weighted by Gasteiger charge is 2.24. The third-order valence-electron chi connectivity index (χ3n) is 1.69. The zero-order chi connectivity index (χ0) is 10.9. The van der Waals surface area contributed by atoms with E-state index in [2.05, 4.69) is 4.98 Å². The van der Waals surface area contributed by atoms with Crippen molar-refractivity contribution in [2.45, 2.75) is 11.8 Å². The largest absolute Gasteiger partial charge is 1.00 e. The standard InChI is InChI=1S/C7H5IN2O3S.ClH/c1-4-6(10-9)3-2-5(8)7(4)14(11,12)13;/h2-3H,1H3;1H. The van der Waals surface area contributed by atoms with Crippen LogP contribution in [0.2, 0.25) is 0 Å². The van der Waals surface area contributed by atoms with E-state index in [1.807, 2.05) is 0 Å². The molecular formula is C7H6ClIN2O3S. The summed E-state index contributed by atoms with van der Waals surface area (Å²) in [6.45, 7) is 1.46. The van der Waals surface area contributed by atoms with Crippen molar-refractivity contribution in [2.24, 2.45) is 0 Å². The molecule has 0 atom stereocenters. The molecule has 0 heterocycles. The Morgan fingerprint density at radius 1 is 1.47 bits per heavy atom. The van der Waals surface area contributed by atoms with Gasteiger partial charge in [-0.2, -0.15) is 8.42 Å². The highest BCUT2D eigenvalue weighted by molar-refractivity contribution is 14.1. The molecule has 0 aromatic heterocycles. The number of hydrogen-bond donors (Lipinski definition) is 1. The van der Waals surface area contributed by atoms with Gasteiger partial charge in [-0.15, -0.1) is 0 Å². The quantitative estimate of drug-likeness (QED) is 0.409. The number of diazo groups is 1. The number of halogens is 2. The Bertz CT molecular complexity index is 524. The lowest BCUT2D eigenvalue weighted by atomic mass is 10.2. The lowest BCUT2D eigenvalue weighted by Crippen LogP contribution is -3.00. The maximum Gasteiger partial charge on any atom is 0.389 e. The van der Waals surface area contributed by atoms with Gasteiger partial charge in [0.1, 0.15) is 4.90 Å². The third kappa shape index (κ3) is 3.01. The van der Waals surface area contributed by atoms with Crippen LogP contribution in [0, 0.1) is 15.9 Å². The molecule has 15 heavy (non-hydrogen) atoms. The van der Waals surface area contributed by atoms with Crippen molar-refractivity contribution in [1.82, 2.24) is 0 Å². The molecular weight excluding hydrogens is 355 g/mol. The molecule has 0 unspecified atom stereocenters. The van der Waals surface area contributed by atoms with Gasteiger partial charge in [-0.25, -0.2) is 0 Å². The molecule has 1 aromatic carbocycles. The summed E-state index contributed by atoms with van der Waals surface area (Å²) in [7, 11) is -4.28. The predicted octanol–water partition coefficient (Wildman–Crippen LogP) is -0.665. The maximum absolute atomic E-state index is 11.0. The molecule has 0 fully saturated rings. The number of nitrogens with zero attached hydrogens (tertiary/aromatic N) is 2. The van der Waals surface area contributed by atoms with E-state index in [-0.39, 0.29) is 28.6 Å². The first-order chi connectivity index (χ1) is 6.38. The average molecular weight is 361 g/mol. The lowest BCUT2D eigenvalue weighted by molar-refractivity contribution is -0.00000721. The minimum atomic E-state index is -4.28. The molecule has 0 aliphatic heterocycles. The number of rotatable bonds is 1. The fourth-order valence-electron chi connectivity index (χ4n) is 1.07. The summed E-state index contributed by atoms with van der Waals surface area (Å²) in [5.74, 6) is 0. The van der Waals surface area contributed by atoms with Crippen LogP contribution in [0.3, 0.4) is 0 Å². The summed E-state index contributed by atoms with van der Waals surface area (Å²) in [5, 5.41) is 8.55. The van der Waals surface area contributed by atoms with Gasteiger partial charge in [0, 0.05) is 9.64 Å². The highest BCUT2D eigenvalue weighted by atomic mass is 127. The highest BCUT2D eigenvalue weighted by Crippen LogP contribution is 2.29. The fourth-order valence-corrected chi connectivity index (χ4v) is 3.30. The SMILES string of the molecule is Cc1c([N+]#N)ccc(I)c1S(=O)(=O)O.[Cl-]. The average Bonchev–Trinajstić information content (AvgIpc) is 2.02. The first-order valence-corrected chi connectivity index (χ1v) is 6.01. The molecule has 0 spiro atoms. The van der Waals surface area contributed by atoms with Gasteiger partial charge in [-0.3, -0.25) is 4.55 Å². The second-order valence-electron chi connectivity index (χ2n) is 2.60. The second kappa shape index (κ2) is 5.07. The molecule has 1 rings (SSSR count). The van der Waals surface area contributed by atoms with Crippen molar-refractivity contribution in [3.63, 3.8) is 0 Å². The van der Waals surface area contributed by atoms with Gasteiger partial charge < -0.3 is 12.4 Å². The van der Waals surface area contributed by atoms with Crippen molar-refractivity contribution in [2.75, 3.05) is 0 Å². The number of hydrogen-bond acceptors (Lipinski definition) is 3. The lowest BCUT2D eigenvalue weighted by Gasteiger charge is -2.01. The van der Waals surface area contributed by atoms with E-state index in [1.54, 1.807) is 22.6 Å². The topological polar surface area (TPSA) is 82.5 Å². The summed E-state index contributed by atoms with van der Waals surface area (Å²) in [6.07, 6.45) is 0. The molecule has 5 nitrogen and oxygen atoms in total. The maximum atomic E-state index is 11.0. The Kier molecular flexibility index (Phi) is 4.92. The Balaban J connectivity index is 0.00000196. The fraction of sp³-hybridized carbons (Fsp3) is 0.143. The minimum absolute atomic E-state index is 0. The molecule has 0 saturated carbocycles. The first kappa shape index (κ1) is 14.6. The molecule has 0 radical (unpaired) electrons. The van der Waals surface area contributed by atoms with Crippen molar-refractivity contribution in [1.29, 1.82) is 5.39 Å². The van der Waals surface area contributed by atoms with E-state index >= 15 is 0 Å². The Morgan fingerprint density at radius 3 is 2.40 bits per heavy atom. The zero-order valence-electron chi connectivity index (χ0n) is 7.48. The van der Waals surface area contributed by atoms with Crippen LogP contribution in [0.25, 0.3) is 4.98 Å². The van der Waals surface area contributed by atoms with Crippen LogP contribution in [-0.4, -0.2) is 13.0 Å². The Morgan fingerprint density at radius 2 is 2.00 bits per heavy atom. The van der Waals surface area contributed by atoms with Crippen molar-refractivity contribution in [3.8, 4) is 0 Å². The van der Waals surface area contributed by atoms with Crippen molar-refractivity contribution in [3.05, 3.63) is 26.2 Å². The molecule has 1 N–H and O–H groups in total. The first-order valence-electron chi connectivity index (χ1n) is 3.49. The normalized spacial score (nSPS) is 10.3. The van der Waals surface area contributed by atoms with Crippen LogP contribution in [0.5, 0.6) is 0 Å². The minimum Gasteiger partial charge on any atom is -1.00 e. The van der Waals surface area contributed by atoms with E-state index < -0.39 is 10.1 Å². The van der Waals surface area contributed by atoms with Crippen molar-refractivity contribution >= 4 is 38.4 Å². The smallest absolute Gasteiger partial charge is 0.389 e. The zero-order valence-corrected chi connectivity index (χ0v) is 11.2. The molecule has 0 aliphatic carbocycles. The summed E-state index contributed by atoms with van der Waals surface area (Å²) < 4.78 is 31.2. The van der Waals surface area contributed by atoms with Gasteiger partial charge in [-0.05, 0) is 35.6 Å². The van der Waals surface area contributed by atoms with Crippen molar-refractivity contribution < 1.29 is 25.4 Å². The predicted molar refractivity (Wildman–Crippen MR) is 58.5 cm³/mol. The molecule has 82 valence electrons. The summed E-state index contributed by atoms with van der Waals surface area (Å²) in [4.78, 5) is 2.69. The van der Waals surface area contributed by atoms with Gasteiger partial charge >= 0.3 is 5.69 Å². The molecule has 0 aliphatic rings. The molecule has 0 saturated heterocycles. The van der Waals surface area contributed by atoms with E-state index in [0.717, 1.165) is 0 Å². The molecule has 1 aromatic rings. The van der Waals surface area contributed by atoms with E-state index in [4.69, 9.17) is 9.95 Å². The second-order valence-corrected chi connectivity index (χ2v) is 5.12. The Hall–Kier alpha value is -0.430. The third-order valence-corrected chi connectivity index (χ3v) is 4.00. The van der Waals surface area contributed by atoms with Crippen LogP contribution in [-0.2, 0) is 10.1 Å². The van der Waals surface area contributed by atoms with Gasteiger partial charge in [0.2, 0.25) is 5.39 Å². The van der Waals surface area contributed by atoms with Crippen LogP contribution < -0.4 is 12.4 Å². The van der Waals surface area contributed by atoms with Gasteiger partial charge in [0.25, 0.3) is 10.1 Å². The molecule has 8 heteroatoms. The van der Waals surface area contributed by atoms with E-state index in [0.29, 0.717) is 3.57 Å². The van der Waals surface area contributed by atoms with Crippen LogP contribution in [0.15, 0.2) is 17.0 Å². The summed E-state index contributed by atoms with van der Waals surface area (Å²) >= 11 is 1.78. The van der Waals surface area contributed by atoms with Gasteiger partial charge in [0.15, 0.2) is 4.98 Å². The van der Waals surface area contributed by atoms with Crippen LogP contribution >= 0.6 is 22.6 Å². The molecule has 0 amide bonds. The monoisotopic (exact) mass is 360 g/mol. The van der Waals surface area contributed by atoms with Crippen LogP contribution in [0.4, 0.5) is 5.69 Å². The Labute approximate surface area is 107 Å². The van der Waals surface area contributed by atoms with E-state index in [1.165, 1.54) is 19.1 Å². The van der Waals surface area contributed by atoms with Gasteiger partial charge in [0.05, 0.1) is 5.56 Å². The summed E-state index contributed by atoms with van der Waals surface area (Å²) in [6, 6.07) is 2.91. The molecule has 0 bridgehead atoms. The van der Waals surface area contributed by atoms with Gasteiger partial charge in [-0.1, -0.05) is 0 Å². The van der Waals surface area contributed by atoms with E-state index in [9.17, 15) is 8.42 Å². The number of benzene rings is 1. The summed E-state index contributed by atoms with van der Waals surface area (Å²) in [5.41, 5.74) is 0.347. The van der Waals surface area contributed by atoms with Crippen LogP contribution in [0.1, 0.15) is 5.56 Å².